The van der Waals surface area contributed by atoms with E-state index >= 15 is 0 Å². The summed E-state index contributed by atoms with van der Waals surface area (Å²) in [7, 11) is 1.78. The summed E-state index contributed by atoms with van der Waals surface area (Å²) < 4.78 is 23.5. The van der Waals surface area contributed by atoms with Crippen LogP contribution in [0, 0.1) is 5.82 Å². The van der Waals surface area contributed by atoms with Crippen molar-refractivity contribution in [2.75, 3.05) is 13.7 Å². The van der Waals surface area contributed by atoms with E-state index in [4.69, 9.17) is 9.47 Å². The zero-order chi connectivity index (χ0) is 13.5. The Morgan fingerprint density at radius 2 is 2.17 bits per heavy atom. The molecule has 1 aromatic rings. The molecule has 100 valence electrons. The number of benzene rings is 1. The van der Waals surface area contributed by atoms with Gasteiger partial charge in [-0.2, -0.15) is 0 Å². The molecule has 1 aromatic carbocycles. The summed E-state index contributed by atoms with van der Waals surface area (Å²) in [6, 6.07) is 4.62. The van der Waals surface area contributed by atoms with Crippen LogP contribution in [0.1, 0.15) is 19.4 Å². The van der Waals surface area contributed by atoms with Crippen LogP contribution in [0.25, 0.3) is 0 Å². The van der Waals surface area contributed by atoms with Gasteiger partial charge in [0.1, 0.15) is 0 Å². The Labute approximate surface area is 106 Å². The first-order valence-electron chi connectivity index (χ1n) is 5.78. The molecule has 1 rings (SSSR count). The maximum Gasteiger partial charge on any atom is 0.344 e. The maximum absolute atomic E-state index is 13.6. The first kappa shape index (κ1) is 14.4. The number of carbonyl (C=O) groups excluding carboxylic acids is 1. The summed E-state index contributed by atoms with van der Waals surface area (Å²) in [5.41, 5.74) is 0.812. The third kappa shape index (κ3) is 4.71. The molecule has 0 aliphatic carbocycles. The third-order valence-corrected chi connectivity index (χ3v) is 2.09. The highest BCUT2D eigenvalue weighted by Gasteiger charge is 2.09. The van der Waals surface area contributed by atoms with Gasteiger partial charge in [0.15, 0.2) is 18.2 Å². The Kier molecular flexibility index (Phi) is 5.58. The van der Waals surface area contributed by atoms with Crippen molar-refractivity contribution >= 4 is 5.97 Å². The third-order valence-electron chi connectivity index (χ3n) is 2.09. The van der Waals surface area contributed by atoms with E-state index in [0.717, 1.165) is 5.56 Å². The Morgan fingerprint density at radius 1 is 1.44 bits per heavy atom. The van der Waals surface area contributed by atoms with Gasteiger partial charge in [0.25, 0.3) is 0 Å². The van der Waals surface area contributed by atoms with Gasteiger partial charge in [-0.3, -0.25) is 0 Å². The molecular formula is C13H18FNO3. The van der Waals surface area contributed by atoms with Crippen molar-refractivity contribution in [3.8, 4) is 5.75 Å². The molecule has 0 atom stereocenters. The highest BCUT2D eigenvalue weighted by atomic mass is 19.1. The molecule has 0 saturated carbocycles. The number of esters is 1. The highest BCUT2D eigenvalue weighted by molar-refractivity contribution is 5.71. The van der Waals surface area contributed by atoms with Crippen LogP contribution in [0.4, 0.5) is 4.39 Å². The van der Waals surface area contributed by atoms with Gasteiger partial charge < -0.3 is 14.8 Å². The van der Waals surface area contributed by atoms with Gasteiger partial charge in [-0.15, -0.1) is 0 Å². The smallest absolute Gasteiger partial charge is 0.344 e. The minimum Gasteiger partial charge on any atom is -0.479 e. The summed E-state index contributed by atoms with van der Waals surface area (Å²) in [5, 5.41) is 2.92. The highest BCUT2D eigenvalue weighted by Crippen LogP contribution is 2.18. The van der Waals surface area contributed by atoms with Gasteiger partial charge in [0.05, 0.1) is 6.10 Å². The lowest BCUT2D eigenvalue weighted by Crippen LogP contribution is -2.19. The summed E-state index contributed by atoms with van der Waals surface area (Å²) in [4.78, 5) is 11.2. The second-order valence-corrected chi connectivity index (χ2v) is 4.12. The van der Waals surface area contributed by atoms with Gasteiger partial charge in [0, 0.05) is 6.54 Å². The first-order chi connectivity index (χ1) is 8.52. The molecule has 5 heteroatoms. The summed E-state index contributed by atoms with van der Waals surface area (Å²) in [5.74, 6) is -0.945. The van der Waals surface area contributed by atoms with Crippen LogP contribution >= 0.6 is 0 Å². The van der Waals surface area contributed by atoms with Crippen molar-refractivity contribution in [3.63, 3.8) is 0 Å². The van der Waals surface area contributed by atoms with Crippen molar-refractivity contribution in [2.24, 2.45) is 0 Å². The lowest BCUT2D eigenvalue weighted by molar-refractivity contribution is -0.149. The predicted octanol–water partition coefficient (Wildman–Crippen LogP) is 1.88. The fourth-order valence-corrected chi connectivity index (χ4v) is 1.41. The van der Waals surface area contributed by atoms with Crippen molar-refractivity contribution in [2.45, 2.75) is 26.5 Å². The normalized spacial score (nSPS) is 10.5. The van der Waals surface area contributed by atoms with Crippen LogP contribution in [-0.2, 0) is 16.1 Å². The van der Waals surface area contributed by atoms with Crippen molar-refractivity contribution in [1.82, 2.24) is 5.32 Å². The molecular weight excluding hydrogens is 237 g/mol. The number of hydrogen-bond donors (Lipinski definition) is 1. The van der Waals surface area contributed by atoms with Crippen LogP contribution in [0.2, 0.25) is 0 Å². The molecule has 0 aromatic heterocycles. The van der Waals surface area contributed by atoms with Gasteiger partial charge in [-0.1, -0.05) is 6.07 Å². The molecule has 0 saturated heterocycles. The fourth-order valence-electron chi connectivity index (χ4n) is 1.41. The minimum absolute atomic E-state index is 0.0514. The number of nitrogens with one attached hydrogen (secondary N) is 1. The van der Waals surface area contributed by atoms with E-state index in [1.807, 2.05) is 0 Å². The quantitative estimate of drug-likeness (QED) is 0.788. The molecule has 18 heavy (non-hydrogen) atoms. The van der Waals surface area contributed by atoms with Gasteiger partial charge >= 0.3 is 5.97 Å². The standard InChI is InChI=1S/C13H18FNO3/c1-9(2)18-13(16)8-17-12-5-4-10(7-15-3)6-11(12)14/h4-6,9,15H,7-8H2,1-3H3. The summed E-state index contributed by atoms with van der Waals surface area (Å²) in [6.07, 6.45) is -0.205. The van der Waals surface area contributed by atoms with E-state index < -0.39 is 11.8 Å². The molecule has 0 fully saturated rings. The number of ether oxygens (including phenoxy) is 2. The van der Waals surface area contributed by atoms with Crippen LogP contribution in [0.5, 0.6) is 5.75 Å². The Morgan fingerprint density at radius 3 is 2.72 bits per heavy atom. The molecule has 1 N–H and O–H groups in total. The Balaban J connectivity index is 2.55. The molecule has 0 amide bonds. The lowest BCUT2D eigenvalue weighted by Gasteiger charge is -2.10. The van der Waals surface area contributed by atoms with E-state index in [0.29, 0.717) is 6.54 Å². The summed E-state index contributed by atoms with van der Waals surface area (Å²) >= 11 is 0. The molecule has 0 unspecified atom stereocenters. The second-order valence-electron chi connectivity index (χ2n) is 4.12. The van der Waals surface area contributed by atoms with E-state index in [2.05, 4.69) is 5.32 Å². The number of hydrogen-bond acceptors (Lipinski definition) is 4. The first-order valence-corrected chi connectivity index (χ1v) is 5.78. The van der Waals surface area contributed by atoms with Crippen LogP contribution in [0.15, 0.2) is 18.2 Å². The molecule has 0 spiro atoms. The largest absolute Gasteiger partial charge is 0.479 e. The van der Waals surface area contributed by atoms with E-state index in [1.165, 1.54) is 12.1 Å². The molecule has 0 aliphatic heterocycles. The van der Waals surface area contributed by atoms with E-state index in [1.54, 1.807) is 27.0 Å². The van der Waals surface area contributed by atoms with Crippen molar-refractivity contribution in [3.05, 3.63) is 29.6 Å². The van der Waals surface area contributed by atoms with Crippen molar-refractivity contribution < 1.29 is 18.7 Å². The average Bonchev–Trinajstić information content (AvgIpc) is 2.27. The Hall–Kier alpha value is -1.62. The minimum atomic E-state index is -0.510. The number of carbonyl (C=O) groups is 1. The lowest BCUT2D eigenvalue weighted by atomic mass is 10.2. The SMILES string of the molecule is CNCc1ccc(OCC(=O)OC(C)C)c(F)c1. The topological polar surface area (TPSA) is 47.6 Å². The van der Waals surface area contributed by atoms with Crippen LogP contribution < -0.4 is 10.1 Å². The molecule has 0 bridgehead atoms. The molecule has 0 aliphatic rings. The van der Waals surface area contributed by atoms with E-state index in [-0.39, 0.29) is 18.5 Å². The zero-order valence-corrected chi connectivity index (χ0v) is 10.8. The van der Waals surface area contributed by atoms with Gasteiger partial charge in [-0.25, -0.2) is 9.18 Å². The second kappa shape index (κ2) is 6.96. The predicted molar refractivity (Wildman–Crippen MR) is 65.9 cm³/mol. The van der Waals surface area contributed by atoms with Crippen molar-refractivity contribution in [1.29, 1.82) is 0 Å². The molecule has 0 heterocycles. The molecule has 4 nitrogen and oxygen atoms in total. The number of halogens is 1. The van der Waals surface area contributed by atoms with Crippen LogP contribution in [-0.4, -0.2) is 25.7 Å². The van der Waals surface area contributed by atoms with Gasteiger partial charge in [-0.05, 0) is 38.6 Å². The summed E-state index contributed by atoms with van der Waals surface area (Å²) in [6.45, 7) is 3.77. The zero-order valence-electron chi connectivity index (χ0n) is 10.8. The van der Waals surface area contributed by atoms with Gasteiger partial charge in [0.2, 0.25) is 0 Å². The molecule has 0 radical (unpaired) electrons. The Bertz CT molecular complexity index is 407. The van der Waals surface area contributed by atoms with Crippen LogP contribution in [0.3, 0.4) is 0 Å². The average molecular weight is 255 g/mol. The maximum atomic E-state index is 13.6. The van der Waals surface area contributed by atoms with E-state index in [9.17, 15) is 9.18 Å². The number of rotatable bonds is 6. The monoisotopic (exact) mass is 255 g/mol. The fraction of sp³-hybridized carbons (Fsp3) is 0.462.